The van der Waals surface area contributed by atoms with E-state index < -0.39 is 5.97 Å². The molecule has 1 N–H and O–H groups in total. The number of rotatable bonds is 5. The minimum atomic E-state index is -0.497. The van der Waals surface area contributed by atoms with Crippen molar-refractivity contribution in [2.45, 2.75) is 6.92 Å². The lowest BCUT2D eigenvalue weighted by molar-refractivity contribution is 0.0526. The van der Waals surface area contributed by atoms with Crippen LogP contribution < -0.4 is 10.1 Å². The van der Waals surface area contributed by atoms with E-state index in [2.05, 4.69) is 5.32 Å². The molecule has 0 atom stereocenters. The summed E-state index contributed by atoms with van der Waals surface area (Å²) in [6.45, 7) is 1.98. The molecule has 2 aromatic rings. The van der Waals surface area contributed by atoms with Gasteiger partial charge in [0, 0.05) is 11.3 Å². The van der Waals surface area contributed by atoms with Crippen LogP contribution in [0.4, 0.5) is 5.69 Å². The molecule has 0 aliphatic heterocycles. The molecule has 2 rings (SSSR count). The van der Waals surface area contributed by atoms with Crippen molar-refractivity contribution in [2.24, 2.45) is 0 Å². The fourth-order valence-corrected chi connectivity index (χ4v) is 2.19. The van der Waals surface area contributed by atoms with Crippen molar-refractivity contribution in [1.82, 2.24) is 0 Å². The zero-order valence-electron chi connectivity index (χ0n) is 12.8. The van der Waals surface area contributed by atoms with Crippen LogP contribution in [0.3, 0.4) is 0 Å². The molecule has 0 saturated carbocycles. The number of anilines is 1. The Labute approximate surface area is 139 Å². The van der Waals surface area contributed by atoms with E-state index in [0.717, 1.165) is 0 Å². The van der Waals surface area contributed by atoms with Gasteiger partial charge < -0.3 is 14.8 Å². The van der Waals surface area contributed by atoms with Crippen LogP contribution in [0.1, 0.15) is 27.6 Å². The van der Waals surface area contributed by atoms with Gasteiger partial charge >= 0.3 is 5.97 Å². The number of amides is 1. The van der Waals surface area contributed by atoms with Crippen molar-refractivity contribution in [3.05, 3.63) is 58.6 Å². The summed E-state index contributed by atoms with van der Waals surface area (Å²) < 4.78 is 9.99. The molecular formula is C17H16ClNO4. The zero-order chi connectivity index (χ0) is 16.8. The van der Waals surface area contributed by atoms with Crippen molar-refractivity contribution < 1.29 is 19.1 Å². The Balaban J connectivity index is 2.15. The molecule has 5 nitrogen and oxygen atoms in total. The van der Waals surface area contributed by atoms with E-state index in [4.69, 9.17) is 21.1 Å². The van der Waals surface area contributed by atoms with Crippen LogP contribution in [0.25, 0.3) is 0 Å². The molecule has 0 bridgehead atoms. The molecule has 0 aliphatic rings. The Morgan fingerprint density at radius 3 is 2.61 bits per heavy atom. The second kappa shape index (κ2) is 7.65. The lowest BCUT2D eigenvalue weighted by Crippen LogP contribution is -2.12. The third kappa shape index (κ3) is 4.23. The highest BCUT2D eigenvalue weighted by atomic mass is 35.5. The topological polar surface area (TPSA) is 64.6 Å². The van der Waals surface area contributed by atoms with Crippen LogP contribution in [-0.4, -0.2) is 25.6 Å². The number of ether oxygens (including phenoxy) is 2. The maximum absolute atomic E-state index is 12.2. The van der Waals surface area contributed by atoms with E-state index in [1.807, 2.05) is 0 Å². The molecule has 0 saturated heterocycles. The summed E-state index contributed by atoms with van der Waals surface area (Å²) in [5.74, 6) is -0.208. The first kappa shape index (κ1) is 16.8. The predicted octanol–water partition coefficient (Wildman–Crippen LogP) is 3.78. The summed E-state index contributed by atoms with van der Waals surface area (Å²) in [5.41, 5.74) is 1.19. The van der Waals surface area contributed by atoms with E-state index in [-0.39, 0.29) is 23.1 Å². The monoisotopic (exact) mass is 333 g/mol. The van der Waals surface area contributed by atoms with Gasteiger partial charge in [-0.3, -0.25) is 4.79 Å². The molecule has 1 amide bonds. The molecule has 120 valence electrons. The summed E-state index contributed by atoms with van der Waals surface area (Å²) in [7, 11) is 1.53. The fourth-order valence-electron chi connectivity index (χ4n) is 1.93. The molecule has 23 heavy (non-hydrogen) atoms. The van der Waals surface area contributed by atoms with Gasteiger partial charge in [0.25, 0.3) is 5.91 Å². The van der Waals surface area contributed by atoms with Crippen molar-refractivity contribution >= 4 is 29.2 Å². The van der Waals surface area contributed by atoms with Crippen molar-refractivity contribution in [3.8, 4) is 5.75 Å². The van der Waals surface area contributed by atoms with E-state index in [0.29, 0.717) is 17.0 Å². The zero-order valence-corrected chi connectivity index (χ0v) is 13.5. The second-order valence-electron chi connectivity index (χ2n) is 4.60. The van der Waals surface area contributed by atoms with E-state index in [9.17, 15) is 9.59 Å². The van der Waals surface area contributed by atoms with Crippen LogP contribution in [0.2, 0.25) is 5.02 Å². The molecule has 0 fully saturated rings. The number of halogens is 1. The fraction of sp³-hybridized carbons (Fsp3) is 0.176. The lowest BCUT2D eigenvalue weighted by atomic mass is 10.1. The van der Waals surface area contributed by atoms with Crippen LogP contribution in [0, 0.1) is 0 Å². The lowest BCUT2D eigenvalue weighted by Gasteiger charge is -2.09. The number of esters is 1. The van der Waals surface area contributed by atoms with Gasteiger partial charge in [-0.2, -0.15) is 0 Å². The number of nitrogens with one attached hydrogen (secondary N) is 1. The van der Waals surface area contributed by atoms with Crippen LogP contribution in [-0.2, 0) is 4.74 Å². The van der Waals surface area contributed by atoms with Gasteiger partial charge in [-0.05, 0) is 43.3 Å². The average molecular weight is 334 g/mol. The molecule has 0 aliphatic carbocycles. The standard InChI is InChI=1S/C17H16ClNO4/c1-3-23-17(21)14-8-7-12(10-15(14)18)19-16(20)11-5-4-6-13(9-11)22-2/h4-10H,3H2,1-2H3,(H,19,20). The maximum Gasteiger partial charge on any atom is 0.339 e. The second-order valence-corrected chi connectivity index (χ2v) is 5.01. The number of hydrogen-bond acceptors (Lipinski definition) is 4. The Morgan fingerprint density at radius 2 is 1.96 bits per heavy atom. The van der Waals surface area contributed by atoms with E-state index in [1.54, 1.807) is 37.3 Å². The highest BCUT2D eigenvalue weighted by Gasteiger charge is 2.13. The largest absolute Gasteiger partial charge is 0.497 e. The Kier molecular flexibility index (Phi) is 5.60. The SMILES string of the molecule is CCOC(=O)c1ccc(NC(=O)c2cccc(OC)c2)cc1Cl. The number of carbonyl (C=O) groups is 2. The molecule has 0 aromatic heterocycles. The first-order valence-electron chi connectivity index (χ1n) is 6.97. The van der Waals surface area contributed by atoms with Gasteiger partial charge in [0.1, 0.15) is 5.75 Å². The average Bonchev–Trinajstić information content (AvgIpc) is 2.55. The minimum absolute atomic E-state index is 0.215. The highest BCUT2D eigenvalue weighted by Crippen LogP contribution is 2.22. The summed E-state index contributed by atoms with van der Waals surface area (Å²) in [6, 6.07) is 11.4. The quantitative estimate of drug-likeness (QED) is 0.846. The third-order valence-corrected chi connectivity index (χ3v) is 3.37. The van der Waals surface area contributed by atoms with Crippen molar-refractivity contribution in [1.29, 1.82) is 0 Å². The molecule has 0 spiro atoms. The third-order valence-electron chi connectivity index (χ3n) is 3.05. The molecule has 0 unspecified atom stereocenters. The first-order valence-corrected chi connectivity index (χ1v) is 7.35. The van der Waals surface area contributed by atoms with Crippen molar-refractivity contribution in [3.63, 3.8) is 0 Å². The summed E-state index contributed by atoms with van der Waals surface area (Å²) in [4.78, 5) is 23.9. The molecule has 6 heteroatoms. The number of hydrogen-bond donors (Lipinski definition) is 1. The van der Waals surface area contributed by atoms with Gasteiger partial charge in [-0.1, -0.05) is 17.7 Å². The van der Waals surface area contributed by atoms with Gasteiger partial charge in [-0.25, -0.2) is 4.79 Å². The van der Waals surface area contributed by atoms with E-state index >= 15 is 0 Å². The molecule has 0 heterocycles. The van der Waals surface area contributed by atoms with Gasteiger partial charge in [0.2, 0.25) is 0 Å². The molecule has 2 aromatic carbocycles. The maximum atomic E-state index is 12.2. The van der Waals surface area contributed by atoms with Crippen LogP contribution in [0.5, 0.6) is 5.75 Å². The summed E-state index contributed by atoms with van der Waals surface area (Å²) in [5, 5.41) is 2.93. The number of carbonyl (C=O) groups excluding carboxylic acids is 2. The number of methoxy groups -OCH3 is 1. The Morgan fingerprint density at radius 1 is 1.17 bits per heavy atom. The summed E-state index contributed by atoms with van der Waals surface area (Å²) >= 11 is 6.07. The number of benzene rings is 2. The van der Waals surface area contributed by atoms with Gasteiger partial charge in [-0.15, -0.1) is 0 Å². The first-order chi connectivity index (χ1) is 11.0. The van der Waals surface area contributed by atoms with Gasteiger partial charge in [0.05, 0.1) is 24.3 Å². The van der Waals surface area contributed by atoms with Crippen molar-refractivity contribution in [2.75, 3.05) is 19.0 Å². The Bertz CT molecular complexity index is 730. The van der Waals surface area contributed by atoms with E-state index in [1.165, 1.54) is 19.2 Å². The normalized spacial score (nSPS) is 10.0. The minimum Gasteiger partial charge on any atom is -0.497 e. The molecule has 0 radical (unpaired) electrons. The van der Waals surface area contributed by atoms with Gasteiger partial charge in [0.15, 0.2) is 0 Å². The highest BCUT2D eigenvalue weighted by molar-refractivity contribution is 6.34. The smallest absolute Gasteiger partial charge is 0.339 e. The summed E-state index contributed by atoms with van der Waals surface area (Å²) in [6.07, 6.45) is 0. The molecular weight excluding hydrogens is 318 g/mol. The van der Waals surface area contributed by atoms with Crippen LogP contribution in [0.15, 0.2) is 42.5 Å². The predicted molar refractivity (Wildman–Crippen MR) is 88.4 cm³/mol. The van der Waals surface area contributed by atoms with Crippen LogP contribution >= 0.6 is 11.6 Å². The Hall–Kier alpha value is -2.53.